The van der Waals surface area contributed by atoms with Gasteiger partial charge < -0.3 is 4.90 Å². The number of piperidine rings is 1. The number of ketones is 1. The predicted molar refractivity (Wildman–Crippen MR) is 76.9 cm³/mol. The minimum absolute atomic E-state index is 0. The molecule has 0 amide bonds. The Balaban J connectivity index is 0.00000128. The molecule has 0 aromatic heterocycles. The van der Waals surface area contributed by atoms with Gasteiger partial charge in [-0.15, -0.1) is 24.0 Å². The van der Waals surface area contributed by atoms with Crippen LogP contribution in [0.3, 0.4) is 0 Å². The van der Waals surface area contributed by atoms with Crippen LogP contribution >= 0.6 is 24.0 Å². The van der Waals surface area contributed by atoms with Crippen LogP contribution in [0.25, 0.3) is 0 Å². The highest BCUT2D eigenvalue weighted by molar-refractivity contribution is 14.0. The number of hydrogen-bond acceptors (Lipinski definition) is 2. The van der Waals surface area contributed by atoms with Crippen molar-refractivity contribution in [2.75, 3.05) is 13.1 Å². The average molecular weight is 335 g/mol. The molecule has 0 N–H and O–H groups in total. The Hall–Kier alpha value is -0.0600. The van der Waals surface area contributed by atoms with Crippen molar-refractivity contribution in [3.05, 3.63) is 11.8 Å². The van der Waals surface area contributed by atoms with E-state index < -0.39 is 0 Å². The fourth-order valence-corrected chi connectivity index (χ4v) is 2.70. The topological polar surface area (TPSA) is 20.3 Å². The van der Waals surface area contributed by atoms with E-state index in [0.29, 0.717) is 12.2 Å². The van der Waals surface area contributed by atoms with Gasteiger partial charge in [0, 0.05) is 31.3 Å². The summed E-state index contributed by atoms with van der Waals surface area (Å²) in [6.45, 7) is 6.69. The maximum Gasteiger partial charge on any atom is 0.157 e. The number of allylic oxidation sites excluding steroid dienone is 2. The van der Waals surface area contributed by atoms with Gasteiger partial charge in [-0.3, -0.25) is 4.79 Å². The van der Waals surface area contributed by atoms with Crippen LogP contribution in [0, 0.1) is 5.41 Å². The maximum absolute atomic E-state index is 11.6. The summed E-state index contributed by atoms with van der Waals surface area (Å²) in [5.74, 6) is 0.312. The first-order valence-corrected chi connectivity index (χ1v) is 6.05. The molecule has 1 aliphatic carbocycles. The minimum Gasteiger partial charge on any atom is -0.375 e. The Morgan fingerprint density at radius 2 is 1.75 bits per heavy atom. The van der Waals surface area contributed by atoms with E-state index in [-0.39, 0.29) is 29.4 Å². The third kappa shape index (κ3) is 3.47. The molecular weight excluding hydrogens is 313 g/mol. The van der Waals surface area contributed by atoms with E-state index in [1.165, 1.54) is 25.0 Å². The number of hydrogen-bond donors (Lipinski definition) is 0. The maximum atomic E-state index is 11.6. The molecule has 2 aliphatic rings. The first-order chi connectivity index (χ1) is 7.07. The van der Waals surface area contributed by atoms with Crippen LogP contribution in [0.1, 0.15) is 46.0 Å². The van der Waals surface area contributed by atoms with Crippen molar-refractivity contribution in [3.63, 3.8) is 0 Å². The molecule has 0 spiro atoms. The molecule has 1 aliphatic heterocycles. The molecule has 3 heteroatoms. The lowest BCUT2D eigenvalue weighted by atomic mass is 9.78. The zero-order valence-corrected chi connectivity index (χ0v) is 12.6. The summed E-state index contributed by atoms with van der Waals surface area (Å²) in [4.78, 5) is 14.0. The molecule has 0 unspecified atom stereocenters. The van der Waals surface area contributed by atoms with E-state index in [1.54, 1.807) is 0 Å². The van der Waals surface area contributed by atoms with Crippen molar-refractivity contribution < 1.29 is 4.79 Å². The molecule has 92 valence electrons. The van der Waals surface area contributed by atoms with Crippen molar-refractivity contribution in [3.8, 4) is 0 Å². The second kappa shape index (κ2) is 5.52. The van der Waals surface area contributed by atoms with Crippen LogP contribution in [-0.4, -0.2) is 23.8 Å². The van der Waals surface area contributed by atoms with Gasteiger partial charge in [0.1, 0.15) is 0 Å². The van der Waals surface area contributed by atoms with Crippen molar-refractivity contribution >= 4 is 29.8 Å². The molecule has 0 aromatic rings. The standard InChI is InChI=1S/C13H21NO.HI/c1-13(2)9-11(8-12(15)10-13)14-6-4-3-5-7-14;/h8H,3-7,9-10H2,1-2H3;1H. The van der Waals surface area contributed by atoms with Crippen molar-refractivity contribution in [1.82, 2.24) is 4.90 Å². The van der Waals surface area contributed by atoms with E-state index in [2.05, 4.69) is 18.7 Å². The fraction of sp³-hybridized carbons (Fsp3) is 0.769. The molecule has 1 heterocycles. The molecule has 0 aromatic carbocycles. The molecule has 2 nitrogen and oxygen atoms in total. The quantitative estimate of drug-likeness (QED) is 0.685. The lowest BCUT2D eigenvalue weighted by Gasteiger charge is -2.37. The van der Waals surface area contributed by atoms with E-state index >= 15 is 0 Å². The van der Waals surface area contributed by atoms with Crippen LogP contribution in [0.15, 0.2) is 11.8 Å². The highest BCUT2D eigenvalue weighted by Gasteiger charge is 2.29. The zero-order chi connectivity index (χ0) is 10.9. The SMILES string of the molecule is CC1(C)CC(=O)C=C(N2CCCCC2)C1.I. The summed E-state index contributed by atoms with van der Waals surface area (Å²) in [5.41, 5.74) is 1.45. The Bertz CT molecular complexity index is 290. The van der Waals surface area contributed by atoms with Crippen LogP contribution in [0.5, 0.6) is 0 Å². The van der Waals surface area contributed by atoms with Gasteiger partial charge in [0.15, 0.2) is 5.78 Å². The third-order valence-electron chi connectivity index (χ3n) is 3.40. The van der Waals surface area contributed by atoms with Crippen molar-refractivity contribution in [2.45, 2.75) is 46.0 Å². The largest absolute Gasteiger partial charge is 0.375 e. The molecule has 16 heavy (non-hydrogen) atoms. The Morgan fingerprint density at radius 1 is 1.12 bits per heavy atom. The van der Waals surface area contributed by atoms with E-state index in [4.69, 9.17) is 0 Å². The highest BCUT2D eigenvalue weighted by Crippen LogP contribution is 2.35. The monoisotopic (exact) mass is 335 g/mol. The molecule has 0 radical (unpaired) electrons. The van der Waals surface area contributed by atoms with Gasteiger partial charge in [0.2, 0.25) is 0 Å². The number of carbonyl (C=O) groups excluding carboxylic acids is 1. The van der Waals surface area contributed by atoms with Crippen molar-refractivity contribution in [2.24, 2.45) is 5.41 Å². The molecule has 0 bridgehead atoms. The first-order valence-electron chi connectivity index (χ1n) is 6.05. The van der Waals surface area contributed by atoms with Crippen molar-refractivity contribution in [1.29, 1.82) is 0 Å². The molecule has 0 atom stereocenters. The number of rotatable bonds is 1. The van der Waals surface area contributed by atoms with Gasteiger partial charge in [0.25, 0.3) is 0 Å². The van der Waals surface area contributed by atoms with Crippen LogP contribution in [0.4, 0.5) is 0 Å². The van der Waals surface area contributed by atoms with Gasteiger partial charge in [-0.25, -0.2) is 0 Å². The highest BCUT2D eigenvalue weighted by atomic mass is 127. The van der Waals surface area contributed by atoms with Crippen LogP contribution in [0.2, 0.25) is 0 Å². The first kappa shape index (κ1) is 14.0. The van der Waals surface area contributed by atoms with Gasteiger partial charge in [-0.2, -0.15) is 0 Å². The van der Waals surface area contributed by atoms with Gasteiger partial charge >= 0.3 is 0 Å². The van der Waals surface area contributed by atoms with E-state index in [0.717, 1.165) is 19.5 Å². The molecular formula is C13H22INO. The summed E-state index contributed by atoms with van der Waals surface area (Å²) in [6.07, 6.45) is 7.58. The number of halogens is 1. The van der Waals surface area contributed by atoms with Gasteiger partial charge in [0.05, 0.1) is 0 Å². The average Bonchev–Trinajstić information content (AvgIpc) is 2.16. The Kier molecular flexibility index (Phi) is 4.83. The molecule has 2 rings (SSSR count). The second-order valence-electron chi connectivity index (χ2n) is 5.67. The summed E-state index contributed by atoms with van der Waals surface area (Å²) >= 11 is 0. The van der Waals surface area contributed by atoms with E-state index in [9.17, 15) is 4.79 Å². The lowest BCUT2D eigenvalue weighted by molar-refractivity contribution is -0.117. The number of likely N-dealkylation sites (tertiary alicyclic amines) is 1. The van der Waals surface area contributed by atoms with Gasteiger partial charge in [-0.1, -0.05) is 13.8 Å². The Labute approximate surface area is 115 Å². The van der Waals surface area contributed by atoms with E-state index in [1.807, 2.05) is 6.08 Å². The van der Waals surface area contributed by atoms with Gasteiger partial charge in [-0.05, 0) is 31.1 Å². The fourth-order valence-electron chi connectivity index (χ4n) is 2.70. The summed E-state index contributed by atoms with van der Waals surface area (Å²) < 4.78 is 0. The van der Waals surface area contributed by atoms with Crippen LogP contribution in [-0.2, 0) is 4.79 Å². The second-order valence-corrected chi connectivity index (χ2v) is 5.67. The molecule has 1 fully saturated rings. The zero-order valence-electron chi connectivity index (χ0n) is 10.3. The summed E-state index contributed by atoms with van der Waals surface area (Å²) in [7, 11) is 0. The minimum atomic E-state index is 0. The lowest BCUT2D eigenvalue weighted by Crippen LogP contribution is -2.34. The normalized spacial score (nSPS) is 24.8. The molecule has 0 saturated carbocycles. The third-order valence-corrected chi connectivity index (χ3v) is 3.40. The predicted octanol–water partition coefficient (Wildman–Crippen LogP) is 3.36. The smallest absolute Gasteiger partial charge is 0.157 e. The number of carbonyl (C=O) groups is 1. The Morgan fingerprint density at radius 3 is 2.31 bits per heavy atom. The summed E-state index contributed by atoms with van der Waals surface area (Å²) in [6, 6.07) is 0. The number of nitrogens with zero attached hydrogens (tertiary/aromatic N) is 1. The summed E-state index contributed by atoms with van der Waals surface area (Å²) in [5, 5.41) is 0. The molecule has 1 saturated heterocycles. The van der Waals surface area contributed by atoms with Crippen LogP contribution < -0.4 is 0 Å².